The number of nitrogens with zero attached hydrogens (tertiary/aromatic N) is 2. The Labute approximate surface area is 91.1 Å². The lowest BCUT2D eigenvalue weighted by Gasteiger charge is -2.22. The Morgan fingerprint density at radius 3 is 3.07 bits per heavy atom. The van der Waals surface area contributed by atoms with E-state index in [1.54, 1.807) is 0 Å². The average Bonchev–Trinajstić information content (AvgIpc) is 2.81. The normalized spacial score (nSPS) is 31.7. The molecule has 86 valence electrons. The van der Waals surface area contributed by atoms with E-state index in [0.29, 0.717) is 12.1 Å². The summed E-state index contributed by atoms with van der Waals surface area (Å²) in [5, 5.41) is 3.41. The van der Waals surface area contributed by atoms with Crippen molar-refractivity contribution in [3.05, 3.63) is 0 Å². The highest BCUT2D eigenvalue weighted by Gasteiger charge is 2.37. The van der Waals surface area contributed by atoms with Crippen molar-refractivity contribution in [1.82, 2.24) is 15.6 Å². The van der Waals surface area contributed by atoms with Crippen molar-refractivity contribution in [3.63, 3.8) is 0 Å². The summed E-state index contributed by atoms with van der Waals surface area (Å²) in [6.07, 6.45) is 3.84. The Balaban J connectivity index is 1.91. The Bertz CT molecular complexity index is 240. The van der Waals surface area contributed by atoms with Crippen molar-refractivity contribution >= 4 is 5.96 Å². The molecule has 2 atom stereocenters. The first-order valence-electron chi connectivity index (χ1n) is 5.86. The Morgan fingerprint density at radius 2 is 2.33 bits per heavy atom. The van der Waals surface area contributed by atoms with Crippen LogP contribution in [-0.2, 0) is 0 Å². The van der Waals surface area contributed by atoms with E-state index in [-0.39, 0.29) is 0 Å². The first-order valence-corrected chi connectivity index (χ1v) is 5.86. The predicted molar refractivity (Wildman–Crippen MR) is 61.4 cm³/mol. The molecule has 2 fully saturated rings. The van der Waals surface area contributed by atoms with Crippen molar-refractivity contribution in [2.75, 3.05) is 19.6 Å². The third-order valence-electron chi connectivity index (χ3n) is 3.38. The Morgan fingerprint density at radius 1 is 1.47 bits per heavy atom. The molecular formula is C10H21N5. The molecule has 0 spiro atoms. The molecule has 15 heavy (non-hydrogen) atoms. The molecule has 0 bridgehead atoms. The van der Waals surface area contributed by atoms with Gasteiger partial charge in [0.1, 0.15) is 0 Å². The summed E-state index contributed by atoms with van der Waals surface area (Å²) in [6.45, 7) is 5.24. The molecular weight excluding hydrogens is 190 g/mol. The number of rotatable bonds is 2. The molecule has 2 aliphatic heterocycles. The molecule has 0 aromatic heterocycles. The van der Waals surface area contributed by atoms with Crippen molar-refractivity contribution in [2.45, 2.75) is 38.3 Å². The number of fused-ring (bicyclic) bond motifs is 1. The quantitative estimate of drug-likeness (QED) is 0.253. The van der Waals surface area contributed by atoms with Crippen LogP contribution in [0, 0.1) is 0 Å². The molecule has 4 N–H and O–H groups in total. The van der Waals surface area contributed by atoms with E-state index in [1.807, 2.05) is 6.92 Å². The van der Waals surface area contributed by atoms with Gasteiger partial charge in [0.25, 0.3) is 0 Å². The molecule has 0 amide bonds. The van der Waals surface area contributed by atoms with Gasteiger partial charge >= 0.3 is 0 Å². The topological polar surface area (TPSA) is 65.7 Å². The number of hydrogen-bond donors (Lipinski definition) is 3. The fourth-order valence-electron chi connectivity index (χ4n) is 2.72. The van der Waals surface area contributed by atoms with Gasteiger partial charge in [-0.15, -0.1) is 0 Å². The van der Waals surface area contributed by atoms with Gasteiger partial charge in [-0.1, -0.05) is 0 Å². The van der Waals surface area contributed by atoms with Crippen LogP contribution < -0.4 is 16.6 Å². The number of aliphatic imine (C=N–C) groups is 1. The lowest BCUT2D eigenvalue weighted by atomic mass is 10.1. The summed E-state index contributed by atoms with van der Waals surface area (Å²) < 4.78 is 0. The van der Waals surface area contributed by atoms with Gasteiger partial charge in [0.05, 0.1) is 0 Å². The molecule has 5 nitrogen and oxygen atoms in total. The summed E-state index contributed by atoms with van der Waals surface area (Å²) in [6, 6.07) is 1.22. The minimum atomic E-state index is 0.522. The van der Waals surface area contributed by atoms with Crippen molar-refractivity contribution in [3.8, 4) is 0 Å². The van der Waals surface area contributed by atoms with Gasteiger partial charge in [0.15, 0.2) is 0 Å². The Hall–Kier alpha value is -0.810. The van der Waals surface area contributed by atoms with Gasteiger partial charge in [0, 0.05) is 25.2 Å². The average molecular weight is 211 g/mol. The van der Waals surface area contributed by atoms with Gasteiger partial charge in [-0.25, -0.2) is 5.84 Å². The lowest BCUT2D eigenvalue weighted by molar-refractivity contribution is 0.307. The van der Waals surface area contributed by atoms with Gasteiger partial charge < -0.3 is 5.32 Å². The van der Waals surface area contributed by atoms with Crippen LogP contribution in [0.2, 0.25) is 0 Å². The first-order chi connectivity index (χ1) is 7.35. The zero-order chi connectivity index (χ0) is 10.7. The van der Waals surface area contributed by atoms with E-state index in [2.05, 4.69) is 20.6 Å². The highest BCUT2D eigenvalue weighted by atomic mass is 15.4. The minimum Gasteiger partial charge on any atom is -0.351 e. The highest BCUT2D eigenvalue weighted by Crippen LogP contribution is 2.27. The maximum atomic E-state index is 5.42. The number of nitrogens with two attached hydrogens (primary N) is 1. The summed E-state index contributed by atoms with van der Waals surface area (Å²) >= 11 is 0. The molecule has 2 unspecified atom stereocenters. The number of guanidine groups is 1. The fourth-order valence-corrected chi connectivity index (χ4v) is 2.72. The minimum absolute atomic E-state index is 0.522. The molecule has 0 aromatic rings. The zero-order valence-corrected chi connectivity index (χ0v) is 9.37. The summed E-state index contributed by atoms with van der Waals surface area (Å²) in [4.78, 5) is 6.84. The van der Waals surface area contributed by atoms with Crippen LogP contribution in [0.25, 0.3) is 0 Å². The second-order valence-corrected chi connectivity index (χ2v) is 4.25. The van der Waals surface area contributed by atoms with E-state index in [4.69, 9.17) is 5.84 Å². The zero-order valence-electron chi connectivity index (χ0n) is 9.37. The number of hydrazine groups is 1. The maximum Gasteiger partial charge on any atom is 0.205 e. The molecule has 2 heterocycles. The van der Waals surface area contributed by atoms with E-state index in [1.165, 1.54) is 32.4 Å². The van der Waals surface area contributed by atoms with E-state index in [9.17, 15) is 0 Å². The van der Waals surface area contributed by atoms with Gasteiger partial charge in [0.2, 0.25) is 5.96 Å². The van der Waals surface area contributed by atoms with Gasteiger partial charge in [-0.05, 0) is 32.7 Å². The van der Waals surface area contributed by atoms with Crippen LogP contribution in [0.4, 0.5) is 0 Å². The highest BCUT2D eigenvalue weighted by molar-refractivity contribution is 5.79. The largest absolute Gasteiger partial charge is 0.351 e. The van der Waals surface area contributed by atoms with Crippen LogP contribution in [0.5, 0.6) is 0 Å². The smallest absolute Gasteiger partial charge is 0.205 e. The maximum absolute atomic E-state index is 5.42. The third kappa shape index (κ3) is 2.23. The summed E-state index contributed by atoms with van der Waals surface area (Å²) in [7, 11) is 0. The molecule has 0 aliphatic carbocycles. The lowest BCUT2D eigenvalue weighted by Crippen LogP contribution is -2.49. The van der Waals surface area contributed by atoms with Crippen molar-refractivity contribution in [1.29, 1.82) is 0 Å². The van der Waals surface area contributed by atoms with E-state index in [0.717, 1.165) is 12.5 Å². The molecule has 2 rings (SSSR count). The van der Waals surface area contributed by atoms with Crippen LogP contribution in [0.3, 0.4) is 0 Å². The first kappa shape index (κ1) is 10.7. The third-order valence-corrected chi connectivity index (χ3v) is 3.38. The summed E-state index contributed by atoms with van der Waals surface area (Å²) in [5.74, 6) is 6.15. The van der Waals surface area contributed by atoms with Crippen molar-refractivity contribution < 1.29 is 0 Å². The molecule has 0 radical (unpaired) electrons. The second-order valence-electron chi connectivity index (χ2n) is 4.25. The standard InChI is InChI=1S/C10H21N5/c1-2-12-10(14-11)13-8-5-7-15-6-3-4-9(8)15/h8-9H,2-7,11H2,1H3,(H2,12,13,14). The van der Waals surface area contributed by atoms with Gasteiger partial charge in [-0.3, -0.25) is 15.3 Å². The van der Waals surface area contributed by atoms with Crippen LogP contribution in [0.15, 0.2) is 4.99 Å². The van der Waals surface area contributed by atoms with Crippen LogP contribution >= 0.6 is 0 Å². The van der Waals surface area contributed by atoms with Crippen molar-refractivity contribution in [2.24, 2.45) is 10.8 Å². The fraction of sp³-hybridized carbons (Fsp3) is 0.900. The molecule has 5 heteroatoms. The number of nitrogens with one attached hydrogen (secondary N) is 2. The second kappa shape index (κ2) is 4.81. The molecule has 2 saturated heterocycles. The van der Waals surface area contributed by atoms with E-state index < -0.39 is 0 Å². The van der Waals surface area contributed by atoms with Crippen LogP contribution in [-0.4, -0.2) is 42.6 Å². The van der Waals surface area contributed by atoms with Gasteiger partial charge in [-0.2, -0.15) is 0 Å². The SMILES string of the molecule is CCN=C(NN)NC1CCN2CCCC12. The van der Waals surface area contributed by atoms with Crippen LogP contribution in [0.1, 0.15) is 26.2 Å². The van der Waals surface area contributed by atoms with E-state index >= 15 is 0 Å². The summed E-state index contributed by atoms with van der Waals surface area (Å²) in [5.41, 5.74) is 2.63. The molecule has 0 aromatic carbocycles. The number of hydrogen-bond acceptors (Lipinski definition) is 3. The molecule has 0 saturated carbocycles. The monoisotopic (exact) mass is 211 g/mol. The Kier molecular flexibility index (Phi) is 3.43. The molecule has 2 aliphatic rings. The predicted octanol–water partition coefficient (Wildman–Crippen LogP) is -0.348.